The smallest absolute Gasteiger partial charge is 0.119 e. The van der Waals surface area contributed by atoms with Gasteiger partial charge in [-0.3, -0.25) is 0 Å². The van der Waals surface area contributed by atoms with Gasteiger partial charge in [-0.1, -0.05) is 39.8 Å². The minimum Gasteiger partial charge on any atom is -0.493 e. The summed E-state index contributed by atoms with van der Waals surface area (Å²) in [5.74, 6) is 1.57. The Labute approximate surface area is 116 Å². The number of hydrogen-bond donors (Lipinski definition) is 2. The average molecular weight is 265 g/mol. The zero-order valence-electron chi connectivity index (χ0n) is 12.5. The third-order valence-corrected chi connectivity index (χ3v) is 3.24. The first-order chi connectivity index (χ1) is 8.95. The van der Waals surface area contributed by atoms with E-state index >= 15 is 0 Å². The normalized spacial score (nSPS) is 14.7. The van der Waals surface area contributed by atoms with Gasteiger partial charge in [0.05, 0.1) is 12.7 Å². The molecule has 1 aromatic carbocycles. The summed E-state index contributed by atoms with van der Waals surface area (Å²) in [6.07, 6.45) is -0.410. The largest absolute Gasteiger partial charge is 0.493 e. The monoisotopic (exact) mass is 265 g/mol. The van der Waals surface area contributed by atoms with Gasteiger partial charge in [0.15, 0.2) is 0 Å². The average Bonchev–Trinajstić information content (AvgIpc) is 2.38. The molecule has 0 fully saturated rings. The molecule has 3 nitrogen and oxygen atoms in total. The predicted molar refractivity (Wildman–Crippen MR) is 79.4 cm³/mol. The Morgan fingerprint density at radius 2 is 1.68 bits per heavy atom. The van der Waals surface area contributed by atoms with Gasteiger partial charge in [-0.25, -0.2) is 0 Å². The van der Waals surface area contributed by atoms with Gasteiger partial charge in [0, 0.05) is 12.5 Å². The molecule has 0 saturated heterocycles. The van der Waals surface area contributed by atoms with Gasteiger partial charge in [0.1, 0.15) is 5.75 Å². The van der Waals surface area contributed by atoms with E-state index < -0.39 is 6.10 Å². The van der Waals surface area contributed by atoms with Gasteiger partial charge >= 0.3 is 0 Å². The first kappa shape index (κ1) is 16.0. The lowest BCUT2D eigenvalue weighted by Gasteiger charge is -2.25. The van der Waals surface area contributed by atoms with Gasteiger partial charge in [0.25, 0.3) is 0 Å². The molecule has 2 atom stereocenters. The highest BCUT2D eigenvalue weighted by Gasteiger charge is 2.22. The minimum absolute atomic E-state index is 0.0147. The lowest BCUT2D eigenvalue weighted by molar-refractivity contribution is 0.0985. The molecule has 0 spiro atoms. The molecule has 19 heavy (non-hydrogen) atoms. The zero-order chi connectivity index (χ0) is 14.4. The van der Waals surface area contributed by atoms with Crippen LogP contribution in [-0.2, 0) is 0 Å². The van der Waals surface area contributed by atoms with Crippen molar-refractivity contribution in [3.8, 4) is 5.75 Å². The van der Waals surface area contributed by atoms with E-state index in [9.17, 15) is 5.11 Å². The minimum atomic E-state index is -0.410. The van der Waals surface area contributed by atoms with Crippen molar-refractivity contribution < 1.29 is 9.84 Å². The van der Waals surface area contributed by atoms with Gasteiger partial charge < -0.3 is 15.6 Å². The summed E-state index contributed by atoms with van der Waals surface area (Å²) >= 11 is 0. The summed E-state index contributed by atoms with van der Waals surface area (Å²) < 4.78 is 5.65. The summed E-state index contributed by atoms with van der Waals surface area (Å²) in [7, 11) is 0. The quantitative estimate of drug-likeness (QED) is 0.797. The number of hydrogen-bond acceptors (Lipinski definition) is 3. The maximum absolute atomic E-state index is 10.2. The number of aliphatic hydroxyl groups excluding tert-OH is 1. The fourth-order valence-corrected chi connectivity index (χ4v) is 2.01. The van der Waals surface area contributed by atoms with E-state index in [1.807, 2.05) is 38.1 Å². The Hall–Kier alpha value is -1.06. The van der Waals surface area contributed by atoms with E-state index in [1.165, 1.54) is 0 Å². The van der Waals surface area contributed by atoms with Crippen molar-refractivity contribution in [2.75, 3.05) is 13.2 Å². The van der Waals surface area contributed by atoms with Crippen LogP contribution in [0.2, 0.25) is 0 Å². The fraction of sp³-hybridized carbons (Fsp3) is 0.625. The lowest BCUT2D eigenvalue weighted by Crippen LogP contribution is -2.29. The van der Waals surface area contributed by atoms with Gasteiger partial charge in [-0.2, -0.15) is 0 Å². The Morgan fingerprint density at radius 1 is 1.11 bits per heavy atom. The van der Waals surface area contributed by atoms with Crippen molar-refractivity contribution in [2.24, 2.45) is 17.6 Å². The molecule has 0 aliphatic heterocycles. The molecule has 0 saturated carbocycles. The highest BCUT2D eigenvalue weighted by atomic mass is 16.5. The molecule has 0 aliphatic rings. The number of nitrogens with two attached hydrogens (primary N) is 1. The maximum Gasteiger partial charge on any atom is 0.119 e. The second-order valence-corrected chi connectivity index (χ2v) is 5.85. The summed E-state index contributed by atoms with van der Waals surface area (Å²) in [5, 5.41) is 10.2. The highest BCUT2D eigenvalue weighted by Crippen LogP contribution is 2.25. The molecule has 1 aromatic rings. The second kappa shape index (κ2) is 7.51. The van der Waals surface area contributed by atoms with Gasteiger partial charge in [0.2, 0.25) is 0 Å². The molecule has 3 heteroatoms. The first-order valence-electron chi connectivity index (χ1n) is 7.06. The molecule has 3 N–H and O–H groups in total. The highest BCUT2D eigenvalue weighted by molar-refractivity contribution is 5.30. The van der Waals surface area contributed by atoms with Crippen molar-refractivity contribution >= 4 is 0 Å². The third-order valence-electron chi connectivity index (χ3n) is 3.24. The van der Waals surface area contributed by atoms with Crippen LogP contribution < -0.4 is 10.5 Å². The molecule has 0 aliphatic carbocycles. The van der Waals surface area contributed by atoms with Crippen LogP contribution in [0.5, 0.6) is 5.75 Å². The Morgan fingerprint density at radius 3 is 2.11 bits per heavy atom. The zero-order valence-corrected chi connectivity index (χ0v) is 12.5. The van der Waals surface area contributed by atoms with Crippen LogP contribution in [0.1, 0.15) is 39.2 Å². The Bertz CT molecular complexity index is 360. The standard InChI is InChI=1S/C16H27NO2/c1-11(2)10-19-14-7-5-13(6-8-14)15(9-17)16(18)12(3)4/h5-8,11-12,15-16,18H,9-10,17H2,1-4H3. The van der Waals surface area contributed by atoms with E-state index in [0.717, 1.165) is 11.3 Å². The molecular weight excluding hydrogens is 238 g/mol. The van der Waals surface area contributed by atoms with Crippen molar-refractivity contribution in [3.63, 3.8) is 0 Å². The van der Waals surface area contributed by atoms with E-state index in [4.69, 9.17) is 10.5 Å². The molecule has 0 aromatic heterocycles. The maximum atomic E-state index is 10.2. The number of rotatable bonds is 7. The molecule has 0 bridgehead atoms. The van der Waals surface area contributed by atoms with Crippen LogP contribution in [0.15, 0.2) is 24.3 Å². The molecule has 0 amide bonds. The molecule has 1 rings (SSSR count). The van der Waals surface area contributed by atoms with Crippen molar-refractivity contribution in [1.29, 1.82) is 0 Å². The van der Waals surface area contributed by atoms with Crippen molar-refractivity contribution in [3.05, 3.63) is 29.8 Å². The molecular formula is C16H27NO2. The molecule has 0 heterocycles. The molecule has 108 valence electrons. The number of aliphatic hydroxyl groups is 1. The summed E-state index contributed by atoms with van der Waals surface area (Å²) in [5.41, 5.74) is 6.86. The summed E-state index contributed by atoms with van der Waals surface area (Å²) in [6, 6.07) is 7.90. The Kier molecular flexibility index (Phi) is 6.32. The van der Waals surface area contributed by atoms with Crippen LogP contribution >= 0.6 is 0 Å². The SMILES string of the molecule is CC(C)COc1ccc(C(CN)C(O)C(C)C)cc1. The van der Waals surface area contributed by atoms with Crippen molar-refractivity contribution in [1.82, 2.24) is 0 Å². The first-order valence-corrected chi connectivity index (χ1v) is 7.06. The number of benzene rings is 1. The topological polar surface area (TPSA) is 55.5 Å². The van der Waals surface area contributed by atoms with E-state index in [1.54, 1.807) is 0 Å². The van der Waals surface area contributed by atoms with E-state index in [0.29, 0.717) is 19.1 Å². The number of ether oxygens (including phenoxy) is 1. The summed E-state index contributed by atoms with van der Waals surface area (Å²) in [4.78, 5) is 0. The van der Waals surface area contributed by atoms with Crippen molar-refractivity contribution in [2.45, 2.75) is 39.7 Å². The molecule has 2 unspecified atom stereocenters. The van der Waals surface area contributed by atoms with Crippen LogP contribution in [0.4, 0.5) is 0 Å². The van der Waals surface area contributed by atoms with E-state index in [2.05, 4.69) is 13.8 Å². The van der Waals surface area contributed by atoms with E-state index in [-0.39, 0.29) is 11.8 Å². The third kappa shape index (κ3) is 4.84. The van der Waals surface area contributed by atoms with Crippen LogP contribution in [0, 0.1) is 11.8 Å². The lowest BCUT2D eigenvalue weighted by atomic mass is 9.87. The second-order valence-electron chi connectivity index (χ2n) is 5.85. The van der Waals surface area contributed by atoms with Gasteiger partial charge in [-0.05, 0) is 29.5 Å². The van der Waals surface area contributed by atoms with Gasteiger partial charge in [-0.15, -0.1) is 0 Å². The summed E-state index contributed by atoms with van der Waals surface area (Å²) in [6.45, 7) is 9.43. The van der Waals surface area contributed by atoms with Crippen LogP contribution in [-0.4, -0.2) is 24.4 Å². The van der Waals surface area contributed by atoms with Crippen LogP contribution in [0.3, 0.4) is 0 Å². The Balaban J connectivity index is 2.73. The molecule has 0 radical (unpaired) electrons. The predicted octanol–water partition coefficient (Wildman–Crippen LogP) is 2.78. The fourth-order valence-electron chi connectivity index (χ4n) is 2.01. The van der Waals surface area contributed by atoms with Crippen LogP contribution in [0.25, 0.3) is 0 Å².